The van der Waals surface area contributed by atoms with Crippen LogP contribution in [0.15, 0.2) is 72.8 Å². The minimum absolute atomic E-state index is 0.0777. The van der Waals surface area contributed by atoms with E-state index in [0.29, 0.717) is 12.8 Å². The van der Waals surface area contributed by atoms with Gasteiger partial charge in [-0.1, -0.05) is 72.4 Å². The lowest BCUT2D eigenvalue weighted by Crippen LogP contribution is -1.92. The van der Waals surface area contributed by atoms with Crippen molar-refractivity contribution in [3.63, 3.8) is 0 Å². The van der Waals surface area contributed by atoms with Gasteiger partial charge < -0.3 is 0 Å². The SMILES string of the molecule is O=C(C#Cc1ccccc1)CCC#Cc1cccc2ccccc12. The molecule has 0 aliphatic heterocycles. The van der Waals surface area contributed by atoms with Gasteiger partial charge in [-0.15, -0.1) is 0 Å². The van der Waals surface area contributed by atoms with Crippen LogP contribution in [0, 0.1) is 23.7 Å². The number of rotatable bonds is 2. The molecular formula is C23H16O. The maximum atomic E-state index is 11.8. The van der Waals surface area contributed by atoms with E-state index in [0.717, 1.165) is 16.5 Å². The summed E-state index contributed by atoms with van der Waals surface area (Å²) < 4.78 is 0. The monoisotopic (exact) mass is 308 g/mol. The third-order valence-electron chi connectivity index (χ3n) is 3.61. The highest BCUT2D eigenvalue weighted by molar-refractivity contribution is 5.96. The predicted octanol–water partition coefficient (Wildman–Crippen LogP) is 4.59. The van der Waals surface area contributed by atoms with Gasteiger partial charge in [-0.2, -0.15) is 0 Å². The molecule has 114 valence electrons. The van der Waals surface area contributed by atoms with Crippen molar-refractivity contribution in [3.05, 3.63) is 83.9 Å². The molecule has 3 aromatic carbocycles. The zero-order valence-electron chi connectivity index (χ0n) is 13.3. The summed E-state index contributed by atoms with van der Waals surface area (Å²) in [7, 11) is 0. The summed E-state index contributed by atoms with van der Waals surface area (Å²) in [6.45, 7) is 0. The van der Waals surface area contributed by atoms with E-state index in [1.165, 1.54) is 5.39 Å². The van der Waals surface area contributed by atoms with Crippen LogP contribution in [0.4, 0.5) is 0 Å². The first-order valence-corrected chi connectivity index (χ1v) is 7.89. The lowest BCUT2D eigenvalue weighted by atomic mass is 10.0. The number of hydrogen-bond donors (Lipinski definition) is 0. The van der Waals surface area contributed by atoms with E-state index in [2.05, 4.69) is 41.9 Å². The van der Waals surface area contributed by atoms with Crippen molar-refractivity contribution >= 4 is 16.6 Å². The van der Waals surface area contributed by atoms with Gasteiger partial charge in [0.2, 0.25) is 5.78 Å². The van der Waals surface area contributed by atoms with Crippen LogP contribution in [-0.4, -0.2) is 5.78 Å². The molecule has 0 unspecified atom stereocenters. The minimum Gasteiger partial charge on any atom is -0.285 e. The molecule has 0 spiro atoms. The fourth-order valence-corrected chi connectivity index (χ4v) is 2.39. The largest absolute Gasteiger partial charge is 0.285 e. The Hall–Kier alpha value is -3.29. The number of benzene rings is 3. The Morgan fingerprint density at radius 1 is 0.792 bits per heavy atom. The molecule has 24 heavy (non-hydrogen) atoms. The molecule has 0 saturated carbocycles. The van der Waals surface area contributed by atoms with Gasteiger partial charge in [-0.3, -0.25) is 4.79 Å². The summed E-state index contributed by atoms with van der Waals surface area (Å²) in [6.07, 6.45) is 0.878. The highest BCUT2D eigenvalue weighted by Crippen LogP contribution is 2.17. The first-order chi connectivity index (χ1) is 11.8. The van der Waals surface area contributed by atoms with Crippen LogP contribution >= 0.6 is 0 Å². The van der Waals surface area contributed by atoms with Crippen molar-refractivity contribution in [2.75, 3.05) is 0 Å². The standard InChI is InChI=1S/C23H16O/c24-22(18-17-19-9-2-1-3-10-19)15-6-4-11-20-13-8-14-21-12-5-7-16-23(20)21/h1-3,5,7-10,12-14,16H,6,15H2. The number of carbonyl (C=O) groups excluding carboxylic acids is 1. The molecule has 0 heterocycles. The molecule has 1 nitrogen and oxygen atoms in total. The Bertz CT molecular complexity index is 971. The number of carbonyl (C=O) groups is 1. The van der Waals surface area contributed by atoms with Gasteiger partial charge in [0.25, 0.3) is 0 Å². The predicted molar refractivity (Wildman–Crippen MR) is 98.4 cm³/mol. The Morgan fingerprint density at radius 3 is 2.42 bits per heavy atom. The van der Waals surface area contributed by atoms with Crippen LogP contribution < -0.4 is 0 Å². The number of ketones is 1. The smallest absolute Gasteiger partial charge is 0.206 e. The Balaban J connectivity index is 1.62. The van der Waals surface area contributed by atoms with Crippen molar-refractivity contribution in [2.24, 2.45) is 0 Å². The second-order valence-corrected chi connectivity index (χ2v) is 5.37. The molecule has 1 heteroatoms. The lowest BCUT2D eigenvalue weighted by molar-refractivity contribution is -0.113. The average molecular weight is 308 g/mol. The van der Waals surface area contributed by atoms with Gasteiger partial charge in [-0.25, -0.2) is 0 Å². The fourth-order valence-electron chi connectivity index (χ4n) is 2.39. The summed E-state index contributed by atoms with van der Waals surface area (Å²) in [5, 5.41) is 2.32. The van der Waals surface area contributed by atoms with E-state index < -0.39 is 0 Å². The Kier molecular flexibility index (Phi) is 5.08. The minimum atomic E-state index is -0.0777. The number of fused-ring (bicyclic) bond motifs is 1. The van der Waals surface area contributed by atoms with Crippen LogP contribution in [-0.2, 0) is 4.79 Å². The summed E-state index contributed by atoms with van der Waals surface area (Å²) in [6, 6.07) is 23.8. The zero-order chi connectivity index (χ0) is 16.6. The quantitative estimate of drug-likeness (QED) is 0.633. The van der Waals surface area contributed by atoms with E-state index in [-0.39, 0.29) is 5.78 Å². The molecule has 0 saturated heterocycles. The summed E-state index contributed by atoms with van der Waals surface area (Å²) in [5.41, 5.74) is 1.85. The highest BCUT2D eigenvalue weighted by atomic mass is 16.1. The van der Waals surface area contributed by atoms with Gasteiger partial charge in [-0.05, 0) is 34.9 Å². The molecule has 0 radical (unpaired) electrons. The molecule has 0 atom stereocenters. The molecule has 3 rings (SSSR count). The van der Waals surface area contributed by atoms with Crippen LogP contribution in [0.1, 0.15) is 24.0 Å². The molecule has 0 fully saturated rings. The van der Waals surface area contributed by atoms with Crippen molar-refractivity contribution in [1.29, 1.82) is 0 Å². The molecule has 3 aromatic rings. The molecular weight excluding hydrogens is 292 g/mol. The maximum absolute atomic E-state index is 11.8. The molecule has 0 aliphatic rings. The number of Topliss-reactive ketones (excluding diaryl/α,β-unsaturated/α-hetero) is 1. The second-order valence-electron chi connectivity index (χ2n) is 5.37. The van der Waals surface area contributed by atoms with Crippen molar-refractivity contribution in [1.82, 2.24) is 0 Å². The highest BCUT2D eigenvalue weighted by Gasteiger charge is 1.97. The molecule has 0 aliphatic carbocycles. The number of hydrogen-bond acceptors (Lipinski definition) is 1. The third-order valence-corrected chi connectivity index (χ3v) is 3.61. The molecule has 0 aromatic heterocycles. The normalized spacial score (nSPS) is 9.50. The maximum Gasteiger partial charge on any atom is 0.206 e. The van der Waals surface area contributed by atoms with Crippen LogP contribution in [0.5, 0.6) is 0 Å². The van der Waals surface area contributed by atoms with E-state index in [9.17, 15) is 4.79 Å². The Morgan fingerprint density at radius 2 is 1.54 bits per heavy atom. The van der Waals surface area contributed by atoms with E-state index >= 15 is 0 Å². The van der Waals surface area contributed by atoms with Gasteiger partial charge in [0.1, 0.15) is 0 Å². The van der Waals surface area contributed by atoms with E-state index in [1.807, 2.05) is 54.6 Å². The van der Waals surface area contributed by atoms with Crippen molar-refractivity contribution in [3.8, 4) is 23.7 Å². The lowest BCUT2D eigenvalue weighted by Gasteiger charge is -1.99. The molecule has 0 N–H and O–H groups in total. The van der Waals surface area contributed by atoms with Crippen LogP contribution in [0.25, 0.3) is 10.8 Å². The first kappa shape index (κ1) is 15.6. The molecule has 0 amide bonds. The van der Waals surface area contributed by atoms with Crippen molar-refractivity contribution < 1.29 is 4.79 Å². The van der Waals surface area contributed by atoms with Crippen LogP contribution in [0.3, 0.4) is 0 Å². The summed E-state index contributed by atoms with van der Waals surface area (Å²) >= 11 is 0. The van der Waals surface area contributed by atoms with E-state index in [4.69, 9.17) is 0 Å². The van der Waals surface area contributed by atoms with Crippen LogP contribution in [0.2, 0.25) is 0 Å². The average Bonchev–Trinajstić information content (AvgIpc) is 2.64. The van der Waals surface area contributed by atoms with Gasteiger partial charge in [0.15, 0.2) is 0 Å². The van der Waals surface area contributed by atoms with Crippen molar-refractivity contribution in [2.45, 2.75) is 12.8 Å². The second kappa shape index (κ2) is 7.82. The van der Waals surface area contributed by atoms with Gasteiger partial charge >= 0.3 is 0 Å². The third kappa shape index (κ3) is 4.13. The van der Waals surface area contributed by atoms with Gasteiger partial charge in [0, 0.05) is 24.0 Å². The zero-order valence-corrected chi connectivity index (χ0v) is 13.3. The molecule has 0 bridgehead atoms. The first-order valence-electron chi connectivity index (χ1n) is 7.89. The fraction of sp³-hybridized carbons (Fsp3) is 0.0870. The summed E-state index contributed by atoms with van der Waals surface area (Å²) in [4.78, 5) is 11.8. The topological polar surface area (TPSA) is 17.1 Å². The Labute approximate surface area is 142 Å². The summed E-state index contributed by atoms with van der Waals surface area (Å²) in [5.74, 6) is 11.7. The van der Waals surface area contributed by atoms with Gasteiger partial charge in [0.05, 0.1) is 0 Å². The van der Waals surface area contributed by atoms with E-state index in [1.54, 1.807) is 0 Å².